The molecule has 0 fully saturated rings. The van der Waals surface area contributed by atoms with Crippen molar-refractivity contribution in [1.29, 1.82) is 0 Å². The molecule has 4 heteroatoms. The van der Waals surface area contributed by atoms with E-state index < -0.39 is 0 Å². The smallest absolute Gasteiger partial charge is 0.146 e. The van der Waals surface area contributed by atoms with Crippen molar-refractivity contribution < 1.29 is 4.39 Å². The van der Waals surface area contributed by atoms with E-state index in [9.17, 15) is 4.39 Å². The van der Waals surface area contributed by atoms with Crippen LogP contribution in [0.3, 0.4) is 0 Å². The summed E-state index contributed by atoms with van der Waals surface area (Å²) in [5.41, 5.74) is 1.75. The SMILES string of the molecule is CCCNC(Cc1cccnc1)c1ccncc1F. The molecule has 0 bridgehead atoms. The van der Waals surface area contributed by atoms with Gasteiger partial charge in [0.15, 0.2) is 0 Å². The van der Waals surface area contributed by atoms with Gasteiger partial charge in [-0.2, -0.15) is 0 Å². The first-order valence-corrected chi connectivity index (χ1v) is 6.53. The first-order valence-electron chi connectivity index (χ1n) is 6.53. The Morgan fingerprint density at radius 2 is 2.05 bits per heavy atom. The van der Waals surface area contributed by atoms with Gasteiger partial charge < -0.3 is 5.32 Å². The van der Waals surface area contributed by atoms with Gasteiger partial charge in [-0.1, -0.05) is 13.0 Å². The van der Waals surface area contributed by atoms with Crippen LogP contribution in [0.15, 0.2) is 43.0 Å². The third kappa shape index (κ3) is 3.83. The normalized spacial score (nSPS) is 12.3. The highest BCUT2D eigenvalue weighted by Crippen LogP contribution is 2.20. The van der Waals surface area contributed by atoms with Crippen LogP contribution in [0.2, 0.25) is 0 Å². The fraction of sp³-hybridized carbons (Fsp3) is 0.333. The van der Waals surface area contributed by atoms with E-state index >= 15 is 0 Å². The number of aromatic nitrogens is 2. The van der Waals surface area contributed by atoms with E-state index in [0.29, 0.717) is 5.56 Å². The van der Waals surface area contributed by atoms with E-state index in [-0.39, 0.29) is 11.9 Å². The van der Waals surface area contributed by atoms with E-state index in [1.54, 1.807) is 18.5 Å². The van der Waals surface area contributed by atoms with E-state index in [4.69, 9.17) is 0 Å². The lowest BCUT2D eigenvalue weighted by molar-refractivity contribution is 0.494. The van der Waals surface area contributed by atoms with Gasteiger partial charge >= 0.3 is 0 Å². The predicted molar refractivity (Wildman–Crippen MR) is 73.2 cm³/mol. The minimum Gasteiger partial charge on any atom is -0.310 e. The van der Waals surface area contributed by atoms with Crippen molar-refractivity contribution in [3.05, 3.63) is 59.9 Å². The van der Waals surface area contributed by atoms with Gasteiger partial charge in [-0.15, -0.1) is 0 Å². The van der Waals surface area contributed by atoms with Crippen LogP contribution in [0.25, 0.3) is 0 Å². The Labute approximate surface area is 112 Å². The fourth-order valence-corrected chi connectivity index (χ4v) is 2.03. The second-order valence-electron chi connectivity index (χ2n) is 4.47. The van der Waals surface area contributed by atoms with Crippen LogP contribution in [-0.2, 0) is 6.42 Å². The molecule has 0 aliphatic heterocycles. The summed E-state index contributed by atoms with van der Waals surface area (Å²) in [5.74, 6) is -0.264. The van der Waals surface area contributed by atoms with Crippen LogP contribution in [0.5, 0.6) is 0 Å². The molecule has 2 heterocycles. The topological polar surface area (TPSA) is 37.8 Å². The summed E-state index contributed by atoms with van der Waals surface area (Å²) in [5, 5.41) is 3.38. The molecule has 0 aliphatic carbocycles. The number of rotatable bonds is 6. The molecule has 2 aromatic rings. The fourth-order valence-electron chi connectivity index (χ4n) is 2.03. The highest BCUT2D eigenvalue weighted by atomic mass is 19.1. The number of pyridine rings is 2. The van der Waals surface area contributed by atoms with Gasteiger partial charge in [0.1, 0.15) is 5.82 Å². The summed E-state index contributed by atoms with van der Waals surface area (Å²) in [6.45, 7) is 2.95. The first-order chi connectivity index (χ1) is 9.31. The van der Waals surface area contributed by atoms with E-state index in [0.717, 1.165) is 24.9 Å². The average Bonchev–Trinajstić information content (AvgIpc) is 2.45. The molecule has 0 spiro atoms. The maximum atomic E-state index is 13.9. The van der Waals surface area contributed by atoms with Crippen LogP contribution in [0.1, 0.15) is 30.5 Å². The molecule has 0 amide bonds. The molecule has 1 atom stereocenters. The quantitative estimate of drug-likeness (QED) is 0.866. The maximum absolute atomic E-state index is 13.9. The Bertz CT molecular complexity index is 502. The molecular formula is C15H18FN3. The Hall–Kier alpha value is -1.81. The molecule has 0 saturated carbocycles. The zero-order valence-electron chi connectivity index (χ0n) is 11.0. The summed E-state index contributed by atoms with van der Waals surface area (Å²) in [6, 6.07) is 5.59. The zero-order chi connectivity index (χ0) is 13.5. The number of hydrogen-bond donors (Lipinski definition) is 1. The van der Waals surface area contributed by atoms with Crippen molar-refractivity contribution in [3.8, 4) is 0 Å². The standard InChI is InChI=1S/C15H18FN3/c1-2-6-19-15(9-12-4-3-7-17-10-12)13-5-8-18-11-14(13)16/h3-5,7-8,10-11,15,19H,2,6,9H2,1H3. The van der Waals surface area contributed by atoms with Crippen molar-refractivity contribution in [2.75, 3.05) is 6.54 Å². The van der Waals surface area contributed by atoms with Gasteiger partial charge in [0.25, 0.3) is 0 Å². The third-order valence-corrected chi connectivity index (χ3v) is 2.98. The Balaban J connectivity index is 2.19. The number of halogens is 1. The molecule has 3 nitrogen and oxygen atoms in total. The van der Waals surface area contributed by atoms with Crippen LogP contribution in [0, 0.1) is 5.82 Å². The van der Waals surface area contributed by atoms with Crippen LogP contribution in [-0.4, -0.2) is 16.5 Å². The lowest BCUT2D eigenvalue weighted by atomic mass is 10.0. The average molecular weight is 259 g/mol. The number of hydrogen-bond acceptors (Lipinski definition) is 3. The monoisotopic (exact) mass is 259 g/mol. The highest BCUT2D eigenvalue weighted by Gasteiger charge is 2.15. The minimum absolute atomic E-state index is 0.0489. The summed E-state index contributed by atoms with van der Waals surface area (Å²) in [7, 11) is 0. The molecule has 0 aliphatic rings. The van der Waals surface area contributed by atoms with Gasteiger partial charge in [0.05, 0.1) is 6.20 Å². The summed E-state index contributed by atoms with van der Waals surface area (Å²) in [6.07, 6.45) is 8.18. The lowest BCUT2D eigenvalue weighted by Crippen LogP contribution is -2.25. The van der Waals surface area contributed by atoms with E-state index in [1.807, 2.05) is 18.3 Å². The summed E-state index contributed by atoms with van der Waals surface area (Å²) >= 11 is 0. The molecule has 1 N–H and O–H groups in total. The van der Waals surface area contributed by atoms with Crippen molar-refractivity contribution in [2.45, 2.75) is 25.8 Å². The molecule has 0 saturated heterocycles. The molecule has 100 valence electrons. The Morgan fingerprint density at radius 3 is 2.74 bits per heavy atom. The zero-order valence-corrected chi connectivity index (χ0v) is 11.0. The number of nitrogens with one attached hydrogen (secondary N) is 1. The molecule has 2 aromatic heterocycles. The molecule has 1 unspecified atom stereocenters. The second-order valence-corrected chi connectivity index (χ2v) is 4.47. The minimum atomic E-state index is -0.264. The van der Waals surface area contributed by atoms with Gasteiger partial charge in [-0.25, -0.2) is 4.39 Å². The van der Waals surface area contributed by atoms with Crippen molar-refractivity contribution >= 4 is 0 Å². The molecule has 0 radical (unpaired) electrons. The largest absolute Gasteiger partial charge is 0.310 e. The molecule has 2 rings (SSSR count). The van der Waals surface area contributed by atoms with Gasteiger partial charge in [-0.05, 0) is 37.1 Å². The van der Waals surface area contributed by atoms with Gasteiger partial charge in [0, 0.05) is 30.2 Å². The Morgan fingerprint density at radius 1 is 1.21 bits per heavy atom. The van der Waals surface area contributed by atoms with Crippen LogP contribution < -0.4 is 5.32 Å². The highest BCUT2D eigenvalue weighted by molar-refractivity contribution is 5.21. The summed E-state index contributed by atoms with van der Waals surface area (Å²) < 4.78 is 13.9. The van der Waals surface area contributed by atoms with Crippen LogP contribution in [0.4, 0.5) is 4.39 Å². The van der Waals surface area contributed by atoms with E-state index in [1.165, 1.54) is 6.20 Å². The predicted octanol–water partition coefficient (Wildman–Crippen LogP) is 2.90. The third-order valence-electron chi connectivity index (χ3n) is 2.98. The lowest BCUT2D eigenvalue weighted by Gasteiger charge is -2.19. The molecule has 19 heavy (non-hydrogen) atoms. The van der Waals surface area contributed by atoms with Gasteiger partial charge in [-0.3, -0.25) is 9.97 Å². The first kappa shape index (κ1) is 13.6. The van der Waals surface area contributed by atoms with E-state index in [2.05, 4.69) is 22.2 Å². The maximum Gasteiger partial charge on any atom is 0.146 e. The summed E-state index contributed by atoms with van der Waals surface area (Å²) in [4.78, 5) is 7.90. The molecular weight excluding hydrogens is 241 g/mol. The Kier molecular flexibility index (Phi) is 4.98. The van der Waals surface area contributed by atoms with Crippen molar-refractivity contribution in [2.24, 2.45) is 0 Å². The van der Waals surface area contributed by atoms with Crippen molar-refractivity contribution in [1.82, 2.24) is 15.3 Å². The number of nitrogens with zero attached hydrogens (tertiary/aromatic N) is 2. The van der Waals surface area contributed by atoms with Crippen molar-refractivity contribution in [3.63, 3.8) is 0 Å². The second kappa shape index (κ2) is 6.95. The van der Waals surface area contributed by atoms with Crippen LogP contribution >= 0.6 is 0 Å². The van der Waals surface area contributed by atoms with Gasteiger partial charge in [0.2, 0.25) is 0 Å². The molecule has 0 aromatic carbocycles.